The van der Waals surface area contributed by atoms with Crippen molar-refractivity contribution >= 4 is 5.91 Å². The first-order valence-electron chi connectivity index (χ1n) is 5.75. The first-order chi connectivity index (χ1) is 7.66. The molecule has 1 aliphatic rings. The maximum Gasteiger partial charge on any atom is 0.222 e. The van der Waals surface area contributed by atoms with Gasteiger partial charge in [0, 0.05) is 25.6 Å². The molecule has 2 unspecified atom stereocenters. The van der Waals surface area contributed by atoms with Crippen LogP contribution >= 0.6 is 0 Å². The van der Waals surface area contributed by atoms with Crippen LogP contribution < -0.4 is 5.73 Å². The number of hydrogen-bond donors (Lipinski definition) is 1. The minimum Gasteiger partial charge on any atom is -0.341 e. The van der Waals surface area contributed by atoms with E-state index >= 15 is 0 Å². The molecule has 16 heavy (non-hydrogen) atoms. The fourth-order valence-electron chi connectivity index (χ4n) is 2.19. The summed E-state index contributed by atoms with van der Waals surface area (Å²) in [5, 5.41) is 0. The second-order valence-corrected chi connectivity index (χ2v) is 4.63. The van der Waals surface area contributed by atoms with E-state index in [2.05, 4.69) is 6.92 Å². The van der Waals surface area contributed by atoms with Gasteiger partial charge in [-0.15, -0.1) is 0 Å². The predicted octanol–water partition coefficient (Wildman–Crippen LogP) is 1.55. The number of likely N-dealkylation sites (tertiary alicyclic amines) is 1. The van der Waals surface area contributed by atoms with E-state index < -0.39 is 0 Å². The molecule has 1 fully saturated rings. The predicted molar refractivity (Wildman–Crippen MR) is 63.7 cm³/mol. The lowest BCUT2D eigenvalue weighted by molar-refractivity contribution is -0.127. The average Bonchev–Trinajstić information content (AvgIpc) is 2.59. The van der Waals surface area contributed by atoms with Gasteiger partial charge in [0.1, 0.15) is 0 Å². The van der Waals surface area contributed by atoms with Gasteiger partial charge in [0.2, 0.25) is 5.91 Å². The Morgan fingerprint density at radius 3 is 2.69 bits per heavy atom. The Morgan fingerprint density at radius 1 is 1.44 bits per heavy atom. The molecular formula is C13H18N2O. The second-order valence-electron chi connectivity index (χ2n) is 4.63. The molecule has 1 saturated heterocycles. The molecule has 0 radical (unpaired) electrons. The number of nitrogens with zero attached hydrogens (tertiary/aromatic N) is 1. The van der Waals surface area contributed by atoms with Crippen LogP contribution in [0.2, 0.25) is 0 Å². The van der Waals surface area contributed by atoms with Crippen LogP contribution in [0.5, 0.6) is 0 Å². The van der Waals surface area contributed by atoms with Crippen molar-refractivity contribution in [2.45, 2.75) is 19.4 Å². The van der Waals surface area contributed by atoms with Gasteiger partial charge in [-0.1, -0.05) is 37.3 Å². The van der Waals surface area contributed by atoms with Gasteiger partial charge in [-0.05, 0) is 11.5 Å². The van der Waals surface area contributed by atoms with Crippen LogP contribution in [0.15, 0.2) is 30.3 Å². The van der Waals surface area contributed by atoms with Crippen molar-refractivity contribution in [3.63, 3.8) is 0 Å². The smallest absolute Gasteiger partial charge is 0.222 e. The molecule has 0 bridgehead atoms. The summed E-state index contributed by atoms with van der Waals surface area (Å²) in [6, 6.07) is 9.87. The van der Waals surface area contributed by atoms with E-state index in [0.717, 1.165) is 12.1 Å². The lowest BCUT2D eigenvalue weighted by Gasteiger charge is -2.21. The summed E-state index contributed by atoms with van der Waals surface area (Å²) in [4.78, 5) is 13.5. The Morgan fingerprint density at radius 2 is 2.12 bits per heavy atom. The Labute approximate surface area is 96.2 Å². The van der Waals surface area contributed by atoms with Crippen molar-refractivity contribution in [1.82, 2.24) is 4.90 Å². The number of nitrogens with two attached hydrogens (primary N) is 1. The van der Waals surface area contributed by atoms with Gasteiger partial charge in [0.25, 0.3) is 0 Å². The maximum atomic E-state index is 11.6. The van der Waals surface area contributed by atoms with Crippen molar-refractivity contribution in [2.75, 3.05) is 13.1 Å². The normalized spacial score (nSPS) is 22.5. The van der Waals surface area contributed by atoms with Crippen LogP contribution in [0.4, 0.5) is 0 Å². The van der Waals surface area contributed by atoms with E-state index in [1.165, 1.54) is 0 Å². The molecule has 1 aliphatic heterocycles. The highest BCUT2D eigenvalue weighted by Gasteiger charge is 2.27. The van der Waals surface area contributed by atoms with Gasteiger partial charge in [0.05, 0.1) is 0 Å². The monoisotopic (exact) mass is 218 g/mol. The highest BCUT2D eigenvalue weighted by Crippen LogP contribution is 2.20. The van der Waals surface area contributed by atoms with Crippen molar-refractivity contribution < 1.29 is 4.79 Å². The Kier molecular flexibility index (Phi) is 3.25. The van der Waals surface area contributed by atoms with Crippen LogP contribution in [0.1, 0.15) is 24.9 Å². The van der Waals surface area contributed by atoms with E-state index in [9.17, 15) is 4.79 Å². The number of carbonyl (C=O) groups excluding carboxylic acids is 1. The highest BCUT2D eigenvalue weighted by molar-refractivity contribution is 5.78. The fraction of sp³-hybridized carbons (Fsp3) is 0.462. The Hall–Kier alpha value is -1.35. The van der Waals surface area contributed by atoms with E-state index in [0.29, 0.717) is 18.9 Å². The van der Waals surface area contributed by atoms with Crippen molar-refractivity contribution in [1.29, 1.82) is 0 Å². The molecule has 1 amide bonds. The summed E-state index contributed by atoms with van der Waals surface area (Å²) in [6.45, 7) is 3.58. The van der Waals surface area contributed by atoms with Crippen molar-refractivity contribution in [3.05, 3.63) is 35.9 Å². The first kappa shape index (κ1) is 11.1. The zero-order valence-electron chi connectivity index (χ0n) is 9.60. The van der Waals surface area contributed by atoms with Crippen molar-refractivity contribution in [3.8, 4) is 0 Å². The van der Waals surface area contributed by atoms with Gasteiger partial charge in [0.15, 0.2) is 0 Å². The van der Waals surface area contributed by atoms with E-state index in [-0.39, 0.29) is 11.9 Å². The van der Waals surface area contributed by atoms with E-state index in [1.54, 1.807) is 0 Å². The van der Waals surface area contributed by atoms with Gasteiger partial charge < -0.3 is 10.6 Å². The summed E-state index contributed by atoms with van der Waals surface area (Å²) in [5.41, 5.74) is 7.18. The molecule has 0 aromatic heterocycles. The minimum absolute atomic E-state index is 0.0737. The van der Waals surface area contributed by atoms with Gasteiger partial charge >= 0.3 is 0 Å². The third-order valence-electron chi connectivity index (χ3n) is 3.05. The lowest BCUT2D eigenvalue weighted by atomic mass is 10.1. The summed E-state index contributed by atoms with van der Waals surface area (Å²) < 4.78 is 0. The molecule has 3 heteroatoms. The van der Waals surface area contributed by atoms with Crippen LogP contribution in [-0.2, 0) is 4.79 Å². The molecule has 2 rings (SSSR count). The van der Waals surface area contributed by atoms with Crippen LogP contribution in [0, 0.1) is 5.92 Å². The van der Waals surface area contributed by atoms with Crippen LogP contribution in [-0.4, -0.2) is 23.9 Å². The van der Waals surface area contributed by atoms with Gasteiger partial charge in [-0.25, -0.2) is 0 Å². The van der Waals surface area contributed by atoms with Gasteiger partial charge in [-0.2, -0.15) is 0 Å². The summed E-state index contributed by atoms with van der Waals surface area (Å²) in [5.74, 6) is 0.703. The summed E-state index contributed by atoms with van der Waals surface area (Å²) in [6.07, 6.45) is 0.668. The molecule has 1 aromatic carbocycles. The zero-order chi connectivity index (χ0) is 11.5. The second kappa shape index (κ2) is 4.66. The molecule has 3 nitrogen and oxygen atoms in total. The number of rotatable bonds is 3. The molecule has 2 N–H and O–H groups in total. The van der Waals surface area contributed by atoms with E-state index in [4.69, 9.17) is 5.73 Å². The first-order valence-corrected chi connectivity index (χ1v) is 5.75. The fourth-order valence-corrected chi connectivity index (χ4v) is 2.19. The zero-order valence-corrected chi connectivity index (χ0v) is 9.60. The summed E-state index contributed by atoms with van der Waals surface area (Å²) in [7, 11) is 0. The van der Waals surface area contributed by atoms with Crippen LogP contribution in [0.25, 0.3) is 0 Å². The van der Waals surface area contributed by atoms with Gasteiger partial charge in [-0.3, -0.25) is 4.79 Å². The lowest BCUT2D eigenvalue weighted by Crippen LogP contribution is -2.33. The highest BCUT2D eigenvalue weighted by atomic mass is 16.2. The SMILES string of the molecule is CC1CC(=O)N(CC(N)c2ccccc2)C1. The molecule has 1 aromatic rings. The number of hydrogen-bond acceptors (Lipinski definition) is 2. The molecule has 1 heterocycles. The molecular weight excluding hydrogens is 200 g/mol. The summed E-state index contributed by atoms with van der Waals surface area (Å²) >= 11 is 0. The Balaban J connectivity index is 1.98. The maximum absolute atomic E-state index is 11.6. The largest absolute Gasteiger partial charge is 0.341 e. The topological polar surface area (TPSA) is 46.3 Å². The van der Waals surface area contributed by atoms with Crippen LogP contribution in [0.3, 0.4) is 0 Å². The quantitative estimate of drug-likeness (QED) is 0.836. The number of benzene rings is 1. The number of carbonyl (C=O) groups is 1. The van der Waals surface area contributed by atoms with Crippen molar-refractivity contribution in [2.24, 2.45) is 11.7 Å². The third kappa shape index (κ3) is 2.42. The molecule has 2 atom stereocenters. The molecule has 86 valence electrons. The molecule has 0 saturated carbocycles. The molecule has 0 spiro atoms. The Bertz CT molecular complexity index is 363. The average molecular weight is 218 g/mol. The third-order valence-corrected chi connectivity index (χ3v) is 3.05. The van der Waals surface area contributed by atoms with E-state index in [1.807, 2.05) is 35.2 Å². The molecule has 0 aliphatic carbocycles. The number of amides is 1. The standard InChI is InChI=1S/C13H18N2O/c1-10-7-13(16)15(8-10)9-12(14)11-5-3-2-4-6-11/h2-6,10,12H,7-9,14H2,1H3. The minimum atomic E-state index is -0.0737.